The van der Waals surface area contributed by atoms with Gasteiger partial charge in [-0.1, -0.05) is 18.5 Å². The van der Waals surface area contributed by atoms with Crippen LogP contribution in [0.2, 0.25) is 5.15 Å². The van der Waals surface area contributed by atoms with Crippen LogP contribution in [0.5, 0.6) is 0 Å². The minimum absolute atomic E-state index is 0.248. The molecule has 0 aromatic carbocycles. The molecule has 118 valence electrons. The van der Waals surface area contributed by atoms with Gasteiger partial charge >= 0.3 is 6.18 Å². The minimum atomic E-state index is -4.62. The lowest BCUT2D eigenvalue weighted by Gasteiger charge is -2.18. The molecule has 2 rings (SSSR count). The number of imide groups is 1. The molecule has 22 heavy (non-hydrogen) atoms. The molecule has 0 spiro atoms. The first-order valence-electron chi connectivity index (χ1n) is 6.25. The maximum atomic E-state index is 12.7. The van der Waals surface area contributed by atoms with Crippen LogP contribution in [0.25, 0.3) is 0 Å². The van der Waals surface area contributed by atoms with E-state index in [1.54, 1.807) is 6.92 Å². The summed E-state index contributed by atoms with van der Waals surface area (Å²) < 4.78 is 38.2. The van der Waals surface area contributed by atoms with E-state index >= 15 is 0 Å². The summed E-state index contributed by atoms with van der Waals surface area (Å²) in [7, 11) is 0. The van der Waals surface area contributed by atoms with Crippen molar-refractivity contribution in [2.24, 2.45) is 0 Å². The molecule has 2 amide bonds. The molecule has 1 aromatic rings. The Morgan fingerprint density at radius 1 is 1.27 bits per heavy atom. The summed E-state index contributed by atoms with van der Waals surface area (Å²) in [6, 6.07) is 1.33. The molecule has 9 heteroatoms. The lowest BCUT2D eigenvalue weighted by atomic mass is 10.1. The van der Waals surface area contributed by atoms with E-state index in [2.05, 4.69) is 10.4 Å². The predicted octanol–water partition coefficient (Wildman–Crippen LogP) is 3.18. The maximum absolute atomic E-state index is 12.7. The molecule has 1 N–H and O–H groups in total. The number of hydrogen-bond acceptors (Lipinski definition) is 4. The number of anilines is 1. The number of alkyl halides is 3. The van der Waals surface area contributed by atoms with E-state index in [1.165, 1.54) is 6.92 Å². The van der Waals surface area contributed by atoms with Gasteiger partial charge in [-0.05, 0) is 25.5 Å². The SMILES string of the molecule is CCC1=C(C)C(=O)N(Nc2cc(C(F)(F)F)cc(Cl)n2)C1=O. The highest BCUT2D eigenvalue weighted by Crippen LogP contribution is 2.32. The van der Waals surface area contributed by atoms with Crippen LogP contribution in [0.3, 0.4) is 0 Å². The normalized spacial score (nSPS) is 15.8. The van der Waals surface area contributed by atoms with Crippen molar-refractivity contribution in [2.45, 2.75) is 26.4 Å². The second-order valence-corrected chi connectivity index (χ2v) is 4.96. The first-order valence-corrected chi connectivity index (χ1v) is 6.63. The molecule has 0 aliphatic carbocycles. The summed E-state index contributed by atoms with van der Waals surface area (Å²) in [6.07, 6.45) is -4.28. The number of aromatic nitrogens is 1. The molecule has 5 nitrogen and oxygen atoms in total. The van der Waals surface area contributed by atoms with Gasteiger partial charge in [-0.3, -0.25) is 15.0 Å². The molecule has 2 heterocycles. The summed E-state index contributed by atoms with van der Waals surface area (Å²) in [4.78, 5) is 27.6. The van der Waals surface area contributed by atoms with Crippen molar-refractivity contribution in [2.75, 3.05) is 5.43 Å². The number of nitrogens with zero attached hydrogens (tertiary/aromatic N) is 2. The molecule has 0 atom stereocenters. The Kier molecular flexibility index (Phi) is 4.15. The molecule has 1 aromatic heterocycles. The third-order valence-corrected chi connectivity index (χ3v) is 3.33. The smallest absolute Gasteiger partial charge is 0.271 e. The van der Waals surface area contributed by atoms with Gasteiger partial charge in [0.2, 0.25) is 0 Å². The van der Waals surface area contributed by atoms with Crippen molar-refractivity contribution < 1.29 is 22.8 Å². The van der Waals surface area contributed by atoms with E-state index in [0.717, 1.165) is 0 Å². The van der Waals surface area contributed by atoms with Crippen LogP contribution in [0.1, 0.15) is 25.8 Å². The van der Waals surface area contributed by atoms with Crippen molar-refractivity contribution in [3.63, 3.8) is 0 Å². The van der Waals surface area contributed by atoms with Crippen LogP contribution in [0.4, 0.5) is 19.0 Å². The Hall–Kier alpha value is -2.09. The highest BCUT2D eigenvalue weighted by molar-refractivity contribution is 6.29. The van der Waals surface area contributed by atoms with Gasteiger partial charge in [-0.15, -0.1) is 0 Å². The number of nitrogens with one attached hydrogen (secondary N) is 1. The number of hydrogen-bond donors (Lipinski definition) is 1. The Balaban J connectivity index is 2.32. The van der Waals surface area contributed by atoms with Crippen LogP contribution in [-0.2, 0) is 15.8 Å². The van der Waals surface area contributed by atoms with Gasteiger partial charge in [0.1, 0.15) is 11.0 Å². The lowest BCUT2D eigenvalue weighted by Crippen LogP contribution is -2.37. The van der Waals surface area contributed by atoms with Gasteiger partial charge < -0.3 is 0 Å². The van der Waals surface area contributed by atoms with Crippen molar-refractivity contribution in [1.29, 1.82) is 0 Å². The first kappa shape index (κ1) is 16.3. The van der Waals surface area contributed by atoms with E-state index in [9.17, 15) is 22.8 Å². The molecule has 0 unspecified atom stereocenters. The van der Waals surface area contributed by atoms with Gasteiger partial charge in [0.25, 0.3) is 11.8 Å². The largest absolute Gasteiger partial charge is 0.416 e. The zero-order valence-electron chi connectivity index (χ0n) is 11.6. The average molecular weight is 334 g/mol. The molecule has 0 saturated carbocycles. The summed E-state index contributed by atoms with van der Waals surface area (Å²) in [5, 5.41) is 0.226. The monoisotopic (exact) mass is 333 g/mol. The van der Waals surface area contributed by atoms with Gasteiger partial charge in [-0.2, -0.15) is 18.2 Å². The Bertz CT molecular complexity index is 686. The van der Waals surface area contributed by atoms with Crippen molar-refractivity contribution in [3.05, 3.63) is 34.0 Å². The second-order valence-electron chi connectivity index (χ2n) is 4.58. The molecule has 0 fully saturated rings. The number of halogens is 4. The topological polar surface area (TPSA) is 62.3 Å². The van der Waals surface area contributed by atoms with Crippen LogP contribution < -0.4 is 5.43 Å². The zero-order valence-corrected chi connectivity index (χ0v) is 12.3. The summed E-state index contributed by atoms with van der Waals surface area (Å²) in [6.45, 7) is 3.18. The quantitative estimate of drug-likeness (QED) is 0.681. The van der Waals surface area contributed by atoms with E-state index in [1.807, 2.05) is 0 Å². The number of rotatable bonds is 3. The van der Waals surface area contributed by atoms with E-state index in [0.29, 0.717) is 29.1 Å². The van der Waals surface area contributed by atoms with Gasteiger partial charge in [0, 0.05) is 11.1 Å². The number of carbonyl (C=O) groups excluding carboxylic acids is 2. The third kappa shape index (κ3) is 2.92. The average Bonchev–Trinajstić information content (AvgIpc) is 2.61. The van der Waals surface area contributed by atoms with E-state index in [4.69, 9.17) is 11.6 Å². The number of carbonyl (C=O) groups is 2. The highest BCUT2D eigenvalue weighted by atomic mass is 35.5. The Morgan fingerprint density at radius 3 is 2.41 bits per heavy atom. The zero-order chi connectivity index (χ0) is 16.7. The molecular weight excluding hydrogens is 323 g/mol. The van der Waals surface area contributed by atoms with Crippen molar-refractivity contribution in [3.8, 4) is 0 Å². The minimum Gasteiger partial charge on any atom is -0.271 e. The molecule has 0 radical (unpaired) electrons. The molecule has 1 aliphatic rings. The van der Waals surface area contributed by atoms with Crippen LogP contribution in [0, 0.1) is 0 Å². The van der Waals surface area contributed by atoms with Crippen LogP contribution in [0.15, 0.2) is 23.3 Å². The summed E-state index contributed by atoms with van der Waals surface area (Å²) in [5.41, 5.74) is 1.80. The summed E-state index contributed by atoms with van der Waals surface area (Å²) >= 11 is 5.55. The Morgan fingerprint density at radius 2 is 1.91 bits per heavy atom. The van der Waals surface area contributed by atoms with Crippen molar-refractivity contribution in [1.82, 2.24) is 9.99 Å². The molecular formula is C13H11ClF3N3O2. The standard InChI is InChI=1S/C13H11ClF3N3O2/c1-3-8-6(2)11(21)20(12(8)22)19-10-5-7(13(15,16)17)4-9(14)18-10/h4-5H,3H2,1-2H3,(H,18,19). The lowest BCUT2D eigenvalue weighted by molar-refractivity contribution is -0.137. The third-order valence-electron chi connectivity index (χ3n) is 3.14. The molecule has 1 aliphatic heterocycles. The van der Waals surface area contributed by atoms with Crippen molar-refractivity contribution >= 4 is 29.2 Å². The van der Waals surface area contributed by atoms with E-state index < -0.39 is 28.7 Å². The second kappa shape index (κ2) is 5.60. The van der Waals surface area contributed by atoms with Gasteiger partial charge in [-0.25, -0.2) is 4.98 Å². The van der Waals surface area contributed by atoms with Crippen LogP contribution in [-0.4, -0.2) is 21.8 Å². The summed E-state index contributed by atoms with van der Waals surface area (Å²) in [5.74, 6) is -1.58. The van der Waals surface area contributed by atoms with Gasteiger partial charge in [0.15, 0.2) is 0 Å². The fraction of sp³-hybridized carbons (Fsp3) is 0.308. The van der Waals surface area contributed by atoms with E-state index in [-0.39, 0.29) is 11.4 Å². The number of hydrazine groups is 1. The first-order chi connectivity index (χ1) is 10.1. The molecule has 0 saturated heterocycles. The predicted molar refractivity (Wildman–Crippen MR) is 72.7 cm³/mol. The fourth-order valence-electron chi connectivity index (χ4n) is 2.03. The maximum Gasteiger partial charge on any atom is 0.416 e. The fourth-order valence-corrected chi connectivity index (χ4v) is 2.24. The number of pyridine rings is 1. The number of amides is 2. The Labute approximate surface area is 128 Å². The molecule has 0 bridgehead atoms. The van der Waals surface area contributed by atoms with Crippen LogP contribution >= 0.6 is 11.6 Å². The highest BCUT2D eigenvalue weighted by Gasteiger charge is 2.36. The van der Waals surface area contributed by atoms with Gasteiger partial charge in [0.05, 0.1) is 5.56 Å².